The van der Waals surface area contributed by atoms with Crippen LogP contribution in [0.25, 0.3) is 10.1 Å². The highest BCUT2D eigenvalue weighted by molar-refractivity contribution is 7.19. The van der Waals surface area contributed by atoms with Crippen molar-refractivity contribution in [2.75, 3.05) is 12.4 Å². The van der Waals surface area contributed by atoms with Crippen LogP contribution in [0.3, 0.4) is 0 Å². The third kappa shape index (κ3) is 2.46. The van der Waals surface area contributed by atoms with Gasteiger partial charge in [0.05, 0.1) is 7.11 Å². The Hall–Kier alpha value is -2.00. The molecule has 0 atom stereocenters. The number of benzene rings is 2. The number of hydrogen-bond donors (Lipinski definition) is 1. The number of methoxy groups -OCH3 is 1. The van der Waals surface area contributed by atoms with Crippen LogP contribution in [0.5, 0.6) is 5.75 Å². The lowest BCUT2D eigenvalue weighted by molar-refractivity contribution is 0.415. The number of fused-ring (bicyclic) bond motifs is 1. The predicted octanol–water partition coefficient (Wildman–Crippen LogP) is 5.89. The molecule has 0 fully saturated rings. The Morgan fingerprint density at radius 2 is 1.77 bits per heavy atom. The van der Waals surface area contributed by atoms with Crippen LogP contribution in [0.1, 0.15) is 21.6 Å². The van der Waals surface area contributed by atoms with Crippen molar-refractivity contribution in [1.82, 2.24) is 0 Å². The third-order valence-corrected chi connectivity index (χ3v) is 5.56. The summed E-state index contributed by atoms with van der Waals surface area (Å²) in [7, 11) is 1.69. The van der Waals surface area contributed by atoms with Crippen LogP contribution < -0.4 is 10.1 Å². The Kier molecular flexibility index (Phi) is 3.83. The van der Waals surface area contributed by atoms with Gasteiger partial charge in [-0.05, 0) is 68.0 Å². The largest absolute Gasteiger partial charge is 0.497 e. The van der Waals surface area contributed by atoms with E-state index in [1.54, 1.807) is 7.11 Å². The van der Waals surface area contributed by atoms with Crippen molar-refractivity contribution in [3.63, 3.8) is 0 Å². The summed E-state index contributed by atoms with van der Waals surface area (Å²) in [5.74, 6) is 0.864. The van der Waals surface area contributed by atoms with Gasteiger partial charge in [0.15, 0.2) is 0 Å². The van der Waals surface area contributed by atoms with Gasteiger partial charge in [-0.25, -0.2) is 0 Å². The van der Waals surface area contributed by atoms with E-state index in [1.807, 2.05) is 29.5 Å². The fourth-order valence-electron chi connectivity index (χ4n) is 2.87. The zero-order valence-corrected chi connectivity index (χ0v) is 14.5. The Morgan fingerprint density at radius 3 is 2.50 bits per heavy atom. The number of ether oxygens (including phenoxy) is 1. The minimum Gasteiger partial charge on any atom is -0.497 e. The van der Waals surface area contributed by atoms with Crippen LogP contribution in [-0.2, 0) is 0 Å². The summed E-state index contributed by atoms with van der Waals surface area (Å²) >= 11 is 1.89. The molecule has 0 saturated heterocycles. The minimum absolute atomic E-state index is 0.864. The molecule has 0 bridgehead atoms. The SMILES string of the molecule is COc1cccc(Nc2cc(C)c3c(C)c(C)sc3c2C)c1. The van der Waals surface area contributed by atoms with E-state index in [0.29, 0.717) is 0 Å². The normalized spacial score (nSPS) is 11.0. The van der Waals surface area contributed by atoms with E-state index in [1.165, 1.54) is 37.3 Å². The lowest BCUT2D eigenvalue weighted by Gasteiger charge is -2.13. The molecule has 2 aromatic carbocycles. The highest BCUT2D eigenvalue weighted by atomic mass is 32.1. The first-order chi connectivity index (χ1) is 10.5. The molecule has 3 aromatic rings. The molecule has 0 amide bonds. The second kappa shape index (κ2) is 5.65. The van der Waals surface area contributed by atoms with Gasteiger partial charge in [-0.15, -0.1) is 11.3 Å². The van der Waals surface area contributed by atoms with Crippen LogP contribution in [0.15, 0.2) is 30.3 Å². The first-order valence-corrected chi connectivity index (χ1v) is 8.24. The maximum atomic E-state index is 5.30. The molecule has 1 aromatic heterocycles. The molecule has 3 rings (SSSR count). The van der Waals surface area contributed by atoms with Crippen LogP contribution in [0.4, 0.5) is 11.4 Å². The fourth-order valence-corrected chi connectivity index (χ4v) is 4.11. The van der Waals surface area contributed by atoms with Gasteiger partial charge in [0.25, 0.3) is 0 Å². The van der Waals surface area contributed by atoms with Gasteiger partial charge in [0.1, 0.15) is 5.75 Å². The number of nitrogens with one attached hydrogen (secondary N) is 1. The summed E-state index contributed by atoms with van der Waals surface area (Å²) in [6, 6.07) is 10.3. The molecule has 114 valence electrons. The van der Waals surface area contributed by atoms with Gasteiger partial charge in [-0.3, -0.25) is 0 Å². The van der Waals surface area contributed by atoms with E-state index in [4.69, 9.17) is 4.74 Å². The topological polar surface area (TPSA) is 21.3 Å². The van der Waals surface area contributed by atoms with Gasteiger partial charge in [0, 0.05) is 27.0 Å². The summed E-state index contributed by atoms with van der Waals surface area (Å²) in [6.45, 7) is 8.81. The number of hydrogen-bond acceptors (Lipinski definition) is 3. The molecule has 0 radical (unpaired) electrons. The highest BCUT2D eigenvalue weighted by Crippen LogP contribution is 2.39. The lowest BCUT2D eigenvalue weighted by atomic mass is 10.0. The molecular weight excluding hydrogens is 290 g/mol. The van der Waals surface area contributed by atoms with Crippen LogP contribution >= 0.6 is 11.3 Å². The van der Waals surface area contributed by atoms with E-state index in [0.717, 1.165) is 11.4 Å². The molecule has 0 saturated carbocycles. The molecular formula is C19H21NOS. The first kappa shape index (κ1) is 14.9. The Balaban J connectivity index is 2.09. The van der Waals surface area contributed by atoms with Crippen molar-refractivity contribution in [2.45, 2.75) is 27.7 Å². The Morgan fingerprint density at radius 1 is 1.00 bits per heavy atom. The monoisotopic (exact) mass is 311 g/mol. The predicted molar refractivity (Wildman–Crippen MR) is 97.0 cm³/mol. The van der Waals surface area contributed by atoms with Crippen LogP contribution in [0.2, 0.25) is 0 Å². The quantitative estimate of drug-likeness (QED) is 0.651. The standard InChI is InChI=1S/C19H21NOS/c1-11-9-17(20-15-7-6-8-16(10-15)21-5)13(3)19-18(11)12(2)14(4)22-19/h6-10,20H,1-5H3. The maximum Gasteiger partial charge on any atom is 0.120 e. The summed E-state index contributed by atoms with van der Waals surface area (Å²) in [5, 5.41) is 4.95. The molecule has 3 heteroatoms. The maximum absolute atomic E-state index is 5.30. The van der Waals surface area contributed by atoms with Crippen LogP contribution in [-0.4, -0.2) is 7.11 Å². The smallest absolute Gasteiger partial charge is 0.120 e. The molecule has 0 aliphatic carbocycles. The number of aryl methyl sites for hydroxylation is 4. The molecule has 0 aliphatic rings. The van der Waals surface area contributed by atoms with E-state index in [9.17, 15) is 0 Å². The van der Waals surface area contributed by atoms with Gasteiger partial charge in [0.2, 0.25) is 0 Å². The molecule has 22 heavy (non-hydrogen) atoms. The van der Waals surface area contributed by atoms with Crippen molar-refractivity contribution >= 4 is 32.8 Å². The Bertz CT molecular complexity index is 848. The highest BCUT2D eigenvalue weighted by Gasteiger charge is 2.13. The average molecular weight is 311 g/mol. The molecule has 0 spiro atoms. The minimum atomic E-state index is 0.864. The second-order valence-corrected chi connectivity index (χ2v) is 6.94. The zero-order chi connectivity index (χ0) is 15.9. The average Bonchev–Trinajstić information content (AvgIpc) is 2.81. The van der Waals surface area contributed by atoms with Gasteiger partial charge < -0.3 is 10.1 Å². The third-order valence-electron chi connectivity index (χ3n) is 4.23. The van der Waals surface area contributed by atoms with E-state index >= 15 is 0 Å². The number of rotatable bonds is 3. The summed E-state index contributed by atoms with van der Waals surface area (Å²) < 4.78 is 6.69. The van der Waals surface area contributed by atoms with E-state index in [-0.39, 0.29) is 0 Å². The van der Waals surface area contributed by atoms with Crippen molar-refractivity contribution < 1.29 is 4.74 Å². The summed E-state index contributed by atoms with van der Waals surface area (Å²) in [6.07, 6.45) is 0. The first-order valence-electron chi connectivity index (χ1n) is 7.42. The second-order valence-electron chi connectivity index (χ2n) is 5.71. The summed E-state index contributed by atoms with van der Waals surface area (Å²) in [5.41, 5.74) is 6.26. The van der Waals surface area contributed by atoms with Crippen molar-refractivity contribution in [3.05, 3.63) is 51.9 Å². The Labute approximate surface area is 135 Å². The van der Waals surface area contributed by atoms with Crippen molar-refractivity contribution in [2.24, 2.45) is 0 Å². The number of anilines is 2. The van der Waals surface area contributed by atoms with Gasteiger partial charge in [-0.1, -0.05) is 6.07 Å². The van der Waals surface area contributed by atoms with Crippen molar-refractivity contribution in [1.29, 1.82) is 0 Å². The van der Waals surface area contributed by atoms with Gasteiger partial charge >= 0.3 is 0 Å². The van der Waals surface area contributed by atoms with E-state index < -0.39 is 0 Å². The van der Waals surface area contributed by atoms with Gasteiger partial charge in [-0.2, -0.15) is 0 Å². The fraction of sp³-hybridized carbons (Fsp3) is 0.263. The molecule has 0 unspecified atom stereocenters. The number of thiophene rings is 1. The zero-order valence-electron chi connectivity index (χ0n) is 13.7. The molecule has 1 N–H and O–H groups in total. The molecule has 0 aliphatic heterocycles. The molecule has 2 nitrogen and oxygen atoms in total. The van der Waals surface area contributed by atoms with E-state index in [2.05, 4.69) is 45.1 Å². The van der Waals surface area contributed by atoms with Crippen molar-refractivity contribution in [3.8, 4) is 5.75 Å². The molecule has 1 heterocycles. The summed E-state index contributed by atoms with van der Waals surface area (Å²) in [4.78, 5) is 1.40. The lowest BCUT2D eigenvalue weighted by Crippen LogP contribution is -1.95. The van der Waals surface area contributed by atoms with Crippen LogP contribution in [0, 0.1) is 27.7 Å².